The van der Waals surface area contributed by atoms with Gasteiger partial charge in [0.2, 0.25) is 10.0 Å². The lowest BCUT2D eigenvalue weighted by molar-refractivity contribution is -0.0522. The van der Waals surface area contributed by atoms with Gasteiger partial charge in [0.15, 0.2) is 11.6 Å². The first-order valence-electron chi connectivity index (χ1n) is 6.83. The van der Waals surface area contributed by atoms with Crippen LogP contribution in [0.15, 0.2) is 23.1 Å². The number of rotatable bonds is 6. The standard InChI is InChI=1S/C13H17F3N2O3S.ClH/c14-11-6-10(3-4-12(11)21-13(15)16)22(19,20)18-8-9-2-1-5-17-7-9;/h3-4,6,9,13,17-18H,1-2,5,7-8H2;1H. The van der Waals surface area contributed by atoms with Crippen molar-refractivity contribution >= 4 is 22.4 Å². The Kier molecular flexibility index (Phi) is 7.59. The Bertz CT molecular complexity index is 610. The highest BCUT2D eigenvalue weighted by molar-refractivity contribution is 7.89. The Hall–Kier alpha value is -1.03. The fourth-order valence-corrected chi connectivity index (χ4v) is 3.38. The molecule has 1 aliphatic rings. The van der Waals surface area contributed by atoms with E-state index in [2.05, 4.69) is 14.8 Å². The number of piperidine rings is 1. The fourth-order valence-electron chi connectivity index (χ4n) is 2.25. The van der Waals surface area contributed by atoms with Crippen LogP contribution in [0.2, 0.25) is 0 Å². The molecule has 5 nitrogen and oxygen atoms in total. The number of hydrogen-bond donors (Lipinski definition) is 2. The zero-order valence-electron chi connectivity index (χ0n) is 12.1. The van der Waals surface area contributed by atoms with E-state index in [4.69, 9.17) is 0 Å². The highest BCUT2D eigenvalue weighted by Crippen LogP contribution is 2.22. The molecule has 1 saturated heterocycles. The van der Waals surface area contributed by atoms with Crippen molar-refractivity contribution in [3.8, 4) is 5.75 Å². The highest BCUT2D eigenvalue weighted by Gasteiger charge is 2.20. The topological polar surface area (TPSA) is 67.4 Å². The van der Waals surface area contributed by atoms with Gasteiger partial charge in [0.25, 0.3) is 0 Å². The molecule has 132 valence electrons. The second kappa shape index (κ2) is 8.72. The quantitative estimate of drug-likeness (QED) is 0.800. The fraction of sp³-hybridized carbons (Fsp3) is 0.538. The van der Waals surface area contributed by atoms with Crippen LogP contribution in [0.25, 0.3) is 0 Å². The van der Waals surface area contributed by atoms with E-state index in [-0.39, 0.29) is 29.8 Å². The Morgan fingerprint density at radius 2 is 2.13 bits per heavy atom. The minimum atomic E-state index is -3.89. The Morgan fingerprint density at radius 3 is 2.70 bits per heavy atom. The van der Waals surface area contributed by atoms with Crippen LogP contribution in [0.5, 0.6) is 5.75 Å². The molecular formula is C13H18ClF3N2O3S. The maximum absolute atomic E-state index is 13.6. The predicted molar refractivity (Wildman–Crippen MR) is 81.1 cm³/mol. The van der Waals surface area contributed by atoms with E-state index < -0.39 is 28.2 Å². The van der Waals surface area contributed by atoms with E-state index in [1.54, 1.807) is 0 Å². The third kappa shape index (κ3) is 5.83. The first-order valence-corrected chi connectivity index (χ1v) is 8.31. The molecule has 0 amide bonds. The van der Waals surface area contributed by atoms with Crippen molar-refractivity contribution in [3.63, 3.8) is 0 Å². The zero-order chi connectivity index (χ0) is 16.2. The van der Waals surface area contributed by atoms with Gasteiger partial charge >= 0.3 is 6.61 Å². The van der Waals surface area contributed by atoms with Gasteiger partial charge in [-0.1, -0.05) is 0 Å². The molecule has 0 aliphatic carbocycles. The summed E-state index contributed by atoms with van der Waals surface area (Å²) < 4.78 is 68.1. The van der Waals surface area contributed by atoms with Gasteiger partial charge in [-0.25, -0.2) is 17.5 Å². The minimum absolute atomic E-state index is 0. The molecular weight excluding hydrogens is 357 g/mol. The van der Waals surface area contributed by atoms with Crippen molar-refractivity contribution in [2.24, 2.45) is 5.92 Å². The molecule has 1 aliphatic heterocycles. The van der Waals surface area contributed by atoms with Crippen molar-refractivity contribution in [1.29, 1.82) is 0 Å². The van der Waals surface area contributed by atoms with Gasteiger partial charge in [-0.05, 0) is 50.0 Å². The van der Waals surface area contributed by atoms with Gasteiger partial charge in [0.05, 0.1) is 4.90 Å². The molecule has 0 bridgehead atoms. The molecule has 23 heavy (non-hydrogen) atoms. The molecule has 2 N–H and O–H groups in total. The van der Waals surface area contributed by atoms with Gasteiger partial charge in [-0.15, -0.1) is 12.4 Å². The van der Waals surface area contributed by atoms with Crippen LogP contribution in [-0.4, -0.2) is 34.7 Å². The first-order chi connectivity index (χ1) is 10.4. The molecule has 1 fully saturated rings. The third-order valence-electron chi connectivity index (χ3n) is 3.39. The molecule has 1 atom stereocenters. The molecule has 0 aromatic heterocycles. The van der Waals surface area contributed by atoms with Crippen molar-refractivity contribution in [2.45, 2.75) is 24.3 Å². The largest absolute Gasteiger partial charge is 0.432 e. The van der Waals surface area contributed by atoms with Gasteiger partial charge < -0.3 is 10.1 Å². The lowest BCUT2D eigenvalue weighted by Crippen LogP contribution is -2.38. The third-order valence-corrected chi connectivity index (χ3v) is 4.81. The maximum Gasteiger partial charge on any atom is 0.387 e. The smallest absolute Gasteiger partial charge is 0.387 e. The van der Waals surface area contributed by atoms with Crippen LogP contribution in [0.1, 0.15) is 12.8 Å². The summed E-state index contributed by atoms with van der Waals surface area (Å²) in [6.07, 6.45) is 1.88. The molecule has 0 saturated carbocycles. The number of alkyl halides is 2. The molecule has 10 heteroatoms. The second-order valence-corrected chi connectivity index (χ2v) is 6.80. The summed E-state index contributed by atoms with van der Waals surface area (Å²) in [4.78, 5) is -0.324. The molecule has 0 spiro atoms. The summed E-state index contributed by atoms with van der Waals surface area (Å²) in [6, 6.07) is 2.57. The molecule has 1 aromatic carbocycles. The van der Waals surface area contributed by atoms with Crippen LogP contribution in [0.4, 0.5) is 13.2 Å². The van der Waals surface area contributed by atoms with E-state index in [0.29, 0.717) is 6.07 Å². The van der Waals surface area contributed by atoms with Crippen LogP contribution >= 0.6 is 12.4 Å². The first kappa shape index (κ1) is 20.0. The van der Waals surface area contributed by atoms with Gasteiger partial charge in [0, 0.05) is 6.54 Å². The summed E-state index contributed by atoms with van der Waals surface area (Å²) in [6.45, 7) is -1.29. The summed E-state index contributed by atoms with van der Waals surface area (Å²) in [7, 11) is -3.89. The zero-order valence-corrected chi connectivity index (χ0v) is 13.7. The SMILES string of the molecule is Cl.O=S(=O)(NCC1CCCNC1)c1ccc(OC(F)F)c(F)c1. The Balaban J connectivity index is 0.00000264. The monoisotopic (exact) mass is 374 g/mol. The van der Waals surface area contributed by atoms with Crippen LogP contribution in [0, 0.1) is 11.7 Å². The van der Waals surface area contributed by atoms with E-state index in [1.165, 1.54) is 0 Å². The van der Waals surface area contributed by atoms with Crippen molar-refractivity contribution in [1.82, 2.24) is 10.0 Å². The number of hydrogen-bond acceptors (Lipinski definition) is 4. The Labute approximate surface area is 139 Å². The number of ether oxygens (including phenoxy) is 1. The number of nitrogens with one attached hydrogen (secondary N) is 2. The van der Waals surface area contributed by atoms with E-state index in [1.807, 2.05) is 0 Å². The molecule has 0 radical (unpaired) electrons. The van der Waals surface area contributed by atoms with Gasteiger partial charge in [-0.3, -0.25) is 0 Å². The van der Waals surface area contributed by atoms with E-state index >= 15 is 0 Å². The molecule has 2 rings (SSSR count). The van der Waals surface area contributed by atoms with Gasteiger partial charge in [0.1, 0.15) is 0 Å². The Morgan fingerprint density at radius 1 is 1.39 bits per heavy atom. The van der Waals surface area contributed by atoms with Crippen LogP contribution in [-0.2, 0) is 10.0 Å². The number of sulfonamides is 1. The maximum atomic E-state index is 13.6. The number of benzene rings is 1. The lowest BCUT2D eigenvalue weighted by atomic mass is 10.0. The van der Waals surface area contributed by atoms with E-state index in [9.17, 15) is 21.6 Å². The van der Waals surface area contributed by atoms with Crippen molar-refractivity contribution in [3.05, 3.63) is 24.0 Å². The predicted octanol–water partition coefficient (Wildman–Crippen LogP) is 2.13. The van der Waals surface area contributed by atoms with Crippen LogP contribution in [0.3, 0.4) is 0 Å². The normalized spacial score (nSPS) is 18.5. The minimum Gasteiger partial charge on any atom is -0.432 e. The highest BCUT2D eigenvalue weighted by atomic mass is 35.5. The molecule has 1 heterocycles. The second-order valence-electron chi connectivity index (χ2n) is 5.04. The molecule has 1 aromatic rings. The summed E-state index contributed by atoms with van der Waals surface area (Å²) in [5, 5.41) is 3.16. The van der Waals surface area contributed by atoms with Crippen LogP contribution < -0.4 is 14.8 Å². The summed E-state index contributed by atoms with van der Waals surface area (Å²) in [5.74, 6) is -1.66. The number of halogens is 4. The van der Waals surface area contributed by atoms with Crippen molar-refractivity contribution in [2.75, 3.05) is 19.6 Å². The summed E-state index contributed by atoms with van der Waals surface area (Å²) in [5.41, 5.74) is 0. The molecule has 1 unspecified atom stereocenters. The van der Waals surface area contributed by atoms with Crippen molar-refractivity contribution < 1.29 is 26.3 Å². The van der Waals surface area contributed by atoms with E-state index in [0.717, 1.165) is 38.1 Å². The average Bonchev–Trinajstić information content (AvgIpc) is 2.48. The average molecular weight is 375 g/mol. The summed E-state index contributed by atoms with van der Waals surface area (Å²) >= 11 is 0. The lowest BCUT2D eigenvalue weighted by Gasteiger charge is -2.22. The van der Waals surface area contributed by atoms with Gasteiger partial charge in [-0.2, -0.15) is 8.78 Å².